The number of nitrogens with one attached hydrogen (secondary N) is 2. The summed E-state index contributed by atoms with van der Waals surface area (Å²) in [5, 5.41) is 4.86. The van der Waals surface area contributed by atoms with Gasteiger partial charge in [0.15, 0.2) is 0 Å². The first-order valence-corrected chi connectivity index (χ1v) is 9.71. The second-order valence-corrected chi connectivity index (χ2v) is 7.03. The first kappa shape index (κ1) is 19.6. The van der Waals surface area contributed by atoms with Gasteiger partial charge in [-0.1, -0.05) is 24.3 Å². The van der Waals surface area contributed by atoms with E-state index in [-0.39, 0.29) is 18.3 Å². The van der Waals surface area contributed by atoms with E-state index in [9.17, 15) is 9.59 Å². The van der Waals surface area contributed by atoms with Gasteiger partial charge in [-0.15, -0.1) is 11.3 Å². The van der Waals surface area contributed by atoms with Crippen LogP contribution in [0, 0.1) is 0 Å². The van der Waals surface area contributed by atoms with Gasteiger partial charge in [0.2, 0.25) is 0 Å². The molecule has 2 aromatic carbocycles. The molecule has 3 aromatic rings. The van der Waals surface area contributed by atoms with E-state index in [0.717, 1.165) is 16.0 Å². The van der Waals surface area contributed by atoms with Crippen LogP contribution in [-0.2, 0) is 16.1 Å². The smallest absolute Gasteiger partial charge is 0.329 e. The van der Waals surface area contributed by atoms with Crippen molar-refractivity contribution in [1.29, 1.82) is 0 Å². The molecule has 0 fully saturated rings. The van der Waals surface area contributed by atoms with Crippen molar-refractivity contribution >= 4 is 34.6 Å². The number of benzene rings is 2. The van der Waals surface area contributed by atoms with Crippen LogP contribution in [0.25, 0.3) is 10.4 Å². The van der Waals surface area contributed by atoms with Crippen LogP contribution in [0.5, 0.6) is 0 Å². The minimum Gasteiger partial charge on any atom is -0.397 e. The summed E-state index contributed by atoms with van der Waals surface area (Å²) < 4.78 is 0. The van der Waals surface area contributed by atoms with E-state index in [4.69, 9.17) is 10.6 Å². The monoisotopic (exact) mass is 395 g/mol. The zero-order valence-electron chi connectivity index (χ0n) is 15.4. The van der Waals surface area contributed by atoms with Gasteiger partial charge in [0.25, 0.3) is 5.91 Å². The van der Waals surface area contributed by atoms with Gasteiger partial charge < -0.3 is 15.9 Å². The number of hydrogen-bond acceptors (Lipinski definition) is 6. The van der Waals surface area contributed by atoms with Crippen molar-refractivity contribution in [3.8, 4) is 10.4 Å². The molecule has 0 aliphatic heterocycles. The number of thiophene rings is 1. The Kier molecular flexibility index (Phi) is 6.41. The molecule has 0 aliphatic rings. The first-order valence-electron chi connectivity index (χ1n) is 8.83. The van der Waals surface area contributed by atoms with Crippen molar-refractivity contribution in [2.75, 3.05) is 17.6 Å². The summed E-state index contributed by atoms with van der Waals surface area (Å²) in [7, 11) is 0. The summed E-state index contributed by atoms with van der Waals surface area (Å²) in [5.41, 5.74) is 11.8. The standard InChI is InChI=1S/C21H21N3O3S/c1-2-23-27-20(25)12-14-5-7-15(8-6-14)21(26)24-18-13-16(9-10-17(18)22)19-4-3-11-28-19/h3-11,13,23H,2,12,22H2,1H3,(H,24,26). The van der Waals surface area contributed by atoms with Crippen LogP contribution in [-0.4, -0.2) is 18.4 Å². The van der Waals surface area contributed by atoms with Crippen LogP contribution in [0.1, 0.15) is 22.8 Å². The lowest BCUT2D eigenvalue weighted by atomic mass is 10.1. The number of amides is 1. The second kappa shape index (κ2) is 9.16. The Balaban J connectivity index is 1.68. The topological polar surface area (TPSA) is 93.4 Å². The largest absolute Gasteiger partial charge is 0.397 e. The Labute approximate surface area is 167 Å². The van der Waals surface area contributed by atoms with E-state index >= 15 is 0 Å². The van der Waals surface area contributed by atoms with Gasteiger partial charge in [0.1, 0.15) is 0 Å². The fraction of sp³-hybridized carbons (Fsp3) is 0.143. The summed E-state index contributed by atoms with van der Waals surface area (Å²) >= 11 is 1.62. The Morgan fingerprint density at radius 2 is 1.89 bits per heavy atom. The summed E-state index contributed by atoms with van der Waals surface area (Å²) in [6.07, 6.45) is 0.130. The SMILES string of the molecule is CCNOC(=O)Cc1ccc(C(=O)Nc2cc(-c3cccs3)ccc2N)cc1. The quantitative estimate of drug-likeness (QED) is 0.417. The number of anilines is 2. The minimum absolute atomic E-state index is 0.130. The highest BCUT2D eigenvalue weighted by Crippen LogP contribution is 2.30. The van der Waals surface area contributed by atoms with Crippen LogP contribution < -0.4 is 16.5 Å². The summed E-state index contributed by atoms with van der Waals surface area (Å²) in [6, 6.07) is 16.4. The van der Waals surface area contributed by atoms with E-state index in [1.807, 2.05) is 36.6 Å². The molecule has 0 saturated carbocycles. The predicted molar refractivity (Wildman–Crippen MR) is 112 cm³/mol. The van der Waals surface area contributed by atoms with E-state index in [0.29, 0.717) is 23.5 Å². The average Bonchev–Trinajstić information content (AvgIpc) is 3.23. The van der Waals surface area contributed by atoms with Crippen LogP contribution in [0.4, 0.5) is 11.4 Å². The summed E-state index contributed by atoms with van der Waals surface area (Å²) in [5.74, 6) is -0.644. The molecule has 28 heavy (non-hydrogen) atoms. The van der Waals surface area contributed by atoms with Crippen LogP contribution in [0.2, 0.25) is 0 Å². The maximum atomic E-state index is 12.6. The first-order chi connectivity index (χ1) is 13.6. The molecule has 0 saturated heterocycles. The van der Waals surface area contributed by atoms with E-state index in [1.165, 1.54) is 0 Å². The van der Waals surface area contributed by atoms with Crippen molar-refractivity contribution in [2.45, 2.75) is 13.3 Å². The molecule has 4 N–H and O–H groups in total. The molecule has 0 bridgehead atoms. The van der Waals surface area contributed by atoms with Crippen molar-refractivity contribution in [3.05, 3.63) is 71.1 Å². The third-order valence-corrected chi connectivity index (χ3v) is 4.92. The lowest BCUT2D eigenvalue weighted by Gasteiger charge is -2.10. The minimum atomic E-state index is -0.378. The van der Waals surface area contributed by atoms with Crippen LogP contribution >= 0.6 is 11.3 Å². The zero-order valence-corrected chi connectivity index (χ0v) is 16.2. The van der Waals surface area contributed by atoms with Gasteiger partial charge in [-0.3, -0.25) is 9.59 Å². The predicted octanol–water partition coefficient (Wildman–Crippen LogP) is 3.86. The maximum absolute atomic E-state index is 12.6. The molecule has 3 rings (SSSR count). The zero-order chi connectivity index (χ0) is 19.9. The van der Waals surface area contributed by atoms with Crippen LogP contribution in [0.3, 0.4) is 0 Å². The molecule has 144 valence electrons. The summed E-state index contributed by atoms with van der Waals surface area (Å²) in [4.78, 5) is 30.1. The second-order valence-electron chi connectivity index (χ2n) is 6.08. The summed E-state index contributed by atoms with van der Waals surface area (Å²) in [6.45, 7) is 2.38. The molecule has 0 atom stereocenters. The normalized spacial score (nSPS) is 10.5. The fourth-order valence-electron chi connectivity index (χ4n) is 2.58. The van der Waals surface area contributed by atoms with Gasteiger partial charge in [-0.2, -0.15) is 5.48 Å². The van der Waals surface area contributed by atoms with Gasteiger partial charge in [-0.25, -0.2) is 0 Å². The molecule has 0 aliphatic carbocycles. The van der Waals surface area contributed by atoms with Crippen molar-refractivity contribution < 1.29 is 14.4 Å². The Morgan fingerprint density at radius 3 is 2.57 bits per heavy atom. The Bertz CT molecular complexity index is 954. The number of carbonyl (C=O) groups excluding carboxylic acids is 2. The molecule has 7 heteroatoms. The molecule has 6 nitrogen and oxygen atoms in total. The fourth-order valence-corrected chi connectivity index (χ4v) is 3.31. The van der Waals surface area contributed by atoms with Crippen molar-refractivity contribution in [2.24, 2.45) is 0 Å². The van der Waals surface area contributed by atoms with E-state index in [1.54, 1.807) is 41.7 Å². The van der Waals surface area contributed by atoms with Gasteiger partial charge >= 0.3 is 5.97 Å². The number of nitrogens with two attached hydrogens (primary N) is 1. The molecule has 0 unspecified atom stereocenters. The molecule has 0 radical (unpaired) electrons. The Morgan fingerprint density at radius 1 is 1.11 bits per heavy atom. The lowest BCUT2D eigenvalue weighted by Crippen LogP contribution is -2.20. The van der Waals surface area contributed by atoms with Gasteiger partial charge in [0, 0.05) is 17.0 Å². The molecule has 1 aromatic heterocycles. The highest BCUT2D eigenvalue weighted by Gasteiger charge is 2.11. The van der Waals surface area contributed by atoms with Crippen LogP contribution in [0.15, 0.2) is 60.0 Å². The van der Waals surface area contributed by atoms with Gasteiger partial charge in [0.05, 0.1) is 17.8 Å². The van der Waals surface area contributed by atoms with E-state index in [2.05, 4.69) is 10.8 Å². The highest BCUT2D eigenvalue weighted by molar-refractivity contribution is 7.13. The molecule has 0 spiro atoms. The number of nitrogen functional groups attached to an aromatic ring is 1. The molecule has 1 amide bonds. The third kappa shape index (κ3) is 4.97. The van der Waals surface area contributed by atoms with E-state index < -0.39 is 0 Å². The van der Waals surface area contributed by atoms with Crippen molar-refractivity contribution in [3.63, 3.8) is 0 Å². The lowest BCUT2D eigenvalue weighted by molar-refractivity contribution is -0.150. The van der Waals surface area contributed by atoms with Gasteiger partial charge in [-0.05, 0) is 53.8 Å². The Hall–Kier alpha value is -3.16. The number of carbonyl (C=O) groups is 2. The third-order valence-electron chi connectivity index (χ3n) is 4.00. The number of hydroxylamine groups is 1. The number of hydrogen-bond donors (Lipinski definition) is 3. The molecular formula is C21H21N3O3S. The highest BCUT2D eigenvalue weighted by atomic mass is 32.1. The number of rotatable bonds is 7. The molecule has 1 heterocycles. The molecular weight excluding hydrogens is 374 g/mol. The van der Waals surface area contributed by atoms with Crippen molar-refractivity contribution in [1.82, 2.24) is 5.48 Å². The maximum Gasteiger partial charge on any atom is 0.329 e. The average molecular weight is 395 g/mol.